The summed E-state index contributed by atoms with van der Waals surface area (Å²) < 4.78 is 13.4. The summed E-state index contributed by atoms with van der Waals surface area (Å²) in [7, 11) is 0. The normalized spacial score (nSPS) is 23.0. The number of nitrogens with zero attached hydrogens (tertiary/aromatic N) is 1. The molecule has 3 aromatic carbocycles. The van der Waals surface area contributed by atoms with Crippen LogP contribution in [0, 0.1) is 5.92 Å². The second-order valence-electron chi connectivity index (χ2n) is 11.3. The molecular weight excluding hydrogens is 512 g/mol. The lowest BCUT2D eigenvalue weighted by Gasteiger charge is -2.43. The van der Waals surface area contributed by atoms with Gasteiger partial charge in [0.15, 0.2) is 6.29 Å². The standard InChI is InChI=1S/C35H42N2O4/c1-3-21-37(31-11-7-8-12-31)23-32-25(2)33(28-17-15-27(24-38)16-18-28)41-35(40-32)30-19-13-26(14-20-30)22-36-34(39)29-9-5-4-6-10-29/h3-6,9-10,13-20,25,31-33,35,38H,1,7-8,11-12,21-24H2,2H3,(H,36,39)/t25-,32+,33+,35+/m1/s1. The minimum Gasteiger partial charge on any atom is -0.392 e. The van der Waals surface area contributed by atoms with E-state index < -0.39 is 6.29 Å². The third kappa shape index (κ3) is 7.32. The second kappa shape index (κ2) is 14.1. The molecule has 4 atom stereocenters. The first-order valence-electron chi connectivity index (χ1n) is 14.8. The van der Waals surface area contributed by atoms with Gasteiger partial charge in [0.05, 0.1) is 18.8 Å². The molecule has 1 heterocycles. The van der Waals surface area contributed by atoms with Crippen LogP contribution in [0.15, 0.2) is 91.5 Å². The zero-order valence-corrected chi connectivity index (χ0v) is 24.0. The first-order valence-corrected chi connectivity index (χ1v) is 14.8. The molecule has 6 nitrogen and oxygen atoms in total. The molecule has 2 N–H and O–H groups in total. The molecule has 1 saturated heterocycles. The monoisotopic (exact) mass is 554 g/mol. The molecule has 0 bridgehead atoms. The molecule has 0 spiro atoms. The number of benzene rings is 3. The lowest BCUT2D eigenvalue weighted by atomic mass is 9.89. The summed E-state index contributed by atoms with van der Waals surface area (Å²) in [5.41, 5.74) is 4.58. The van der Waals surface area contributed by atoms with Crippen LogP contribution in [0.3, 0.4) is 0 Å². The Bertz CT molecular complexity index is 1260. The number of rotatable bonds is 11. The molecule has 1 saturated carbocycles. The minimum absolute atomic E-state index is 0.0196. The van der Waals surface area contributed by atoms with E-state index in [2.05, 4.69) is 35.9 Å². The third-order valence-corrected chi connectivity index (χ3v) is 8.48. The van der Waals surface area contributed by atoms with Crippen LogP contribution in [0.2, 0.25) is 0 Å². The van der Waals surface area contributed by atoms with Gasteiger partial charge in [0.1, 0.15) is 0 Å². The Balaban J connectivity index is 1.33. The van der Waals surface area contributed by atoms with Crippen LogP contribution < -0.4 is 5.32 Å². The fourth-order valence-electron chi connectivity index (χ4n) is 6.03. The number of nitrogens with one attached hydrogen (secondary N) is 1. The zero-order valence-electron chi connectivity index (χ0n) is 24.0. The maximum absolute atomic E-state index is 12.5. The summed E-state index contributed by atoms with van der Waals surface area (Å²) in [6.07, 6.45) is 6.33. The van der Waals surface area contributed by atoms with Gasteiger partial charge in [-0.15, -0.1) is 6.58 Å². The Kier molecular flexibility index (Phi) is 10.0. The molecule has 3 aromatic rings. The van der Waals surface area contributed by atoms with Gasteiger partial charge in [-0.1, -0.05) is 92.6 Å². The molecule has 216 valence electrons. The van der Waals surface area contributed by atoms with E-state index in [9.17, 15) is 9.90 Å². The van der Waals surface area contributed by atoms with Crippen molar-refractivity contribution in [2.75, 3.05) is 13.1 Å². The molecule has 0 aromatic heterocycles. The summed E-state index contributed by atoms with van der Waals surface area (Å²) in [5.74, 6) is 0.0410. The Morgan fingerprint density at radius 1 is 0.951 bits per heavy atom. The molecule has 1 aliphatic carbocycles. The van der Waals surface area contributed by atoms with Crippen molar-refractivity contribution in [1.29, 1.82) is 0 Å². The van der Waals surface area contributed by atoms with Crippen LogP contribution in [0.1, 0.15) is 77.6 Å². The van der Waals surface area contributed by atoms with Gasteiger partial charge in [-0.25, -0.2) is 0 Å². The quantitative estimate of drug-likeness (QED) is 0.271. The number of carbonyl (C=O) groups is 1. The first kappa shape index (κ1) is 29.2. The summed E-state index contributed by atoms with van der Waals surface area (Å²) in [6.45, 7) is 8.37. The number of carbonyl (C=O) groups excluding carboxylic acids is 1. The lowest BCUT2D eigenvalue weighted by Crippen LogP contribution is -2.47. The Morgan fingerprint density at radius 3 is 2.27 bits per heavy atom. The highest BCUT2D eigenvalue weighted by Gasteiger charge is 2.40. The van der Waals surface area contributed by atoms with Crippen molar-refractivity contribution >= 4 is 5.91 Å². The number of hydrogen-bond acceptors (Lipinski definition) is 5. The van der Waals surface area contributed by atoms with E-state index in [1.165, 1.54) is 25.7 Å². The molecule has 1 amide bonds. The maximum Gasteiger partial charge on any atom is 0.251 e. The number of aliphatic hydroxyl groups is 1. The lowest BCUT2D eigenvalue weighted by molar-refractivity contribution is -0.276. The van der Waals surface area contributed by atoms with Gasteiger partial charge < -0.3 is 19.9 Å². The first-order chi connectivity index (χ1) is 20.1. The predicted molar refractivity (Wildman–Crippen MR) is 161 cm³/mol. The molecule has 6 heteroatoms. The van der Waals surface area contributed by atoms with Crippen molar-refractivity contribution in [1.82, 2.24) is 10.2 Å². The molecule has 1 aliphatic heterocycles. The summed E-state index contributed by atoms with van der Waals surface area (Å²) in [5, 5.41) is 12.5. The van der Waals surface area contributed by atoms with E-state index in [-0.39, 0.29) is 30.6 Å². The minimum atomic E-state index is -0.513. The Labute approximate surface area is 244 Å². The molecule has 41 heavy (non-hydrogen) atoms. The van der Waals surface area contributed by atoms with E-state index >= 15 is 0 Å². The van der Waals surface area contributed by atoms with Crippen LogP contribution in [-0.2, 0) is 22.6 Å². The highest BCUT2D eigenvalue weighted by Crippen LogP contribution is 2.42. The van der Waals surface area contributed by atoms with E-state index in [0.29, 0.717) is 18.2 Å². The molecule has 2 fully saturated rings. The van der Waals surface area contributed by atoms with Crippen molar-refractivity contribution in [3.05, 3.63) is 119 Å². The van der Waals surface area contributed by atoms with E-state index in [0.717, 1.165) is 35.3 Å². The van der Waals surface area contributed by atoms with E-state index in [1.807, 2.05) is 72.8 Å². The SMILES string of the molecule is C=CCN(C[C@@H]1O[C@H](c2ccc(CNC(=O)c3ccccc3)cc2)O[C@H](c2ccc(CO)cc2)[C@@H]1C)C1CCCC1. The Morgan fingerprint density at radius 2 is 1.61 bits per heavy atom. The second-order valence-corrected chi connectivity index (χ2v) is 11.3. The highest BCUT2D eigenvalue weighted by atomic mass is 16.7. The molecular formula is C35H42N2O4. The summed E-state index contributed by atoms with van der Waals surface area (Å²) in [6, 6.07) is 26.0. The fourth-order valence-corrected chi connectivity index (χ4v) is 6.03. The molecule has 5 rings (SSSR count). The highest BCUT2D eigenvalue weighted by molar-refractivity contribution is 5.94. The zero-order chi connectivity index (χ0) is 28.6. The van der Waals surface area contributed by atoms with Crippen LogP contribution in [-0.4, -0.2) is 41.1 Å². The van der Waals surface area contributed by atoms with E-state index in [4.69, 9.17) is 9.47 Å². The van der Waals surface area contributed by atoms with E-state index in [1.54, 1.807) is 0 Å². The summed E-state index contributed by atoms with van der Waals surface area (Å²) in [4.78, 5) is 15.0. The van der Waals surface area contributed by atoms with Crippen molar-refractivity contribution in [2.24, 2.45) is 5.92 Å². The van der Waals surface area contributed by atoms with Gasteiger partial charge >= 0.3 is 0 Å². The van der Waals surface area contributed by atoms with Crippen LogP contribution >= 0.6 is 0 Å². The Hall–Kier alpha value is -3.29. The maximum atomic E-state index is 12.5. The smallest absolute Gasteiger partial charge is 0.251 e. The number of ether oxygens (including phenoxy) is 2. The third-order valence-electron chi connectivity index (χ3n) is 8.48. The molecule has 0 unspecified atom stereocenters. The van der Waals surface area contributed by atoms with Crippen molar-refractivity contribution in [3.63, 3.8) is 0 Å². The van der Waals surface area contributed by atoms with Crippen LogP contribution in [0.25, 0.3) is 0 Å². The van der Waals surface area contributed by atoms with Gasteiger partial charge in [-0.3, -0.25) is 9.69 Å². The topological polar surface area (TPSA) is 71.0 Å². The summed E-state index contributed by atoms with van der Waals surface area (Å²) >= 11 is 0. The molecule has 2 aliphatic rings. The van der Waals surface area contributed by atoms with Gasteiger partial charge in [0, 0.05) is 42.7 Å². The van der Waals surface area contributed by atoms with Gasteiger partial charge in [0.2, 0.25) is 0 Å². The largest absolute Gasteiger partial charge is 0.392 e. The average molecular weight is 555 g/mol. The van der Waals surface area contributed by atoms with Crippen molar-refractivity contribution in [3.8, 4) is 0 Å². The van der Waals surface area contributed by atoms with Gasteiger partial charge in [-0.05, 0) is 41.7 Å². The average Bonchev–Trinajstić information content (AvgIpc) is 3.56. The van der Waals surface area contributed by atoms with Crippen molar-refractivity contribution in [2.45, 2.75) is 70.3 Å². The van der Waals surface area contributed by atoms with Gasteiger partial charge in [0.25, 0.3) is 5.91 Å². The predicted octanol–water partition coefficient (Wildman–Crippen LogP) is 6.33. The van der Waals surface area contributed by atoms with Crippen molar-refractivity contribution < 1.29 is 19.4 Å². The molecule has 0 radical (unpaired) electrons. The van der Waals surface area contributed by atoms with Crippen LogP contribution in [0.4, 0.5) is 0 Å². The number of aliphatic hydroxyl groups excluding tert-OH is 1. The van der Waals surface area contributed by atoms with Gasteiger partial charge in [-0.2, -0.15) is 0 Å². The number of amides is 1. The fraction of sp³-hybridized carbons (Fsp3) is 0.400. The van der Waals surface area contributed by atoms with Crippen LogP contribution in [0.5, 0.6) is 0 Å². The number of hydrogen-bond donors (Lipinski definition) is 2.